The minimum Gasteiger partial charge on any atom is -0.457 e. The van der Waals surface area contributed by atoms with E-state index in [-0.39, 0.29) is 47.3 Å². The maximum absolute atomic E-state index is 12.8. The molecule has 50 heavy (non-hydrogen) atoms. The highest BCUT2D eigenvalue weighted by Crippen LogP contribution is 2.48. The van der Waals surface area contributed by atoms with Gasteiger partial charge in [-0.15, -0.1) is 11.6 Å². The Balaban J connectivity index is 1.66. The molecule has 0 heterocycles. The van der Waals surface area contributed by atoms with Crippen LogP contribution in [0.15, 0.2) is 24.3 Å². The SMILES string of the molecule is CCCCCCCCCCCCCCCCCCN(C)C(CCC=CC[C@@H]1[C@@H](C=CC[C@H](O)C2(CC)CCC2)[C@H](O)C[C@H]1Cl)C(=O)OCC=O. The Morgan fingerprint density at radius 3 is 2.00 bits per heavy atom. The molecule has 0 saturated heterocycles. The Bertz CT molecular complexity index is 931. The molecule has 2 rings (SSSR count). The number of carbonyl (C=O) groups is 2. The van der Waals surface area contributed by atoms with E-state index in [4.69, 9.17) is 16.3 Å². The maximum Gasteiger partial charge on any atom is 0.323 e. The van der Waals surface area contributed by atoms with Crippen LogP contribution in [0.2, 0.25) is 0 Å². The van der Waals surface area contributed by atoms with Gasteiger partial charge in [0.15, 0.2) is 6.29 Å². The van der Waals surface area contributed by atoms with Gasteiger partial charge in [-0.05, 0) is 82.7 Å². The molecule has 2 fully saturated rings. The van der Waals surface area contributed by atoms with Crippen LogP contribution in [0, 0.1) is 17.3 Å². The molecule has 0 bridgehead atoms. The number of aliphatic hydroxyl groups excluding tert-OH is 2. The number of halogens is 1. The van der Waals surface area contributed by atoms with Crippen LogP contribution in [-0.4, -0.2) is 71.2 Å². The van der Waals surface area contributed by atoms with E-state index in [1.807, 2.05) is 7.05 Å². The third-order valence-electron chi connectivity index (χ3n) is 12.0. The predicted molar refractivity (Wildman–Crippen MR) is 210 cm³/mol. The number of likely N-dealkylation sites (N-methyl/N-ethyl adjacent to an activating group) is 1. The van der Waals surface area contributed by atoms with Crippen molar-refractivity contribution in [3.63, 3.8) is 0 Å². The number of aldehydes is 1. The highest BCUT2D eigenvalue weighted by molar-refractivity contribution is 6.21. The summed E-state index contributed by atoms with van der Waals surface area (Å²) in [5, 5.41) is 21.4. The third kappa shape index (κ3) is 17.1. The van der Waals surface area contributed by atoms with Gasteiger partial charge in [0.1, 0.15) is 12.6 Å². The van der Waals surface area contributed by atoms with Crippen molar-refractivity contribution in [1.82, 2.24) is 4.90 Å². The summed E-state index contributed by atoms with van der Waals surface area (Å²) in [6, 6.07) is -0.380. The normalized spacial score (nSPS) is 23.1. The number of nitrogens with zero attached hydrogens (tertiary/aromatic N) is 1. The topological polar surface area (TPSA) is 87.1 Å². The second kappa shape index (κ2) is 27.4. The Hall–Kier alpha value is -1.21. The van der Waals surface area contributed by atoms with Crippen LogP contribution in [-0.2, 0) is 14.3 Å². The number of rotatable bonds is 31. The number of esters is 1. The molecule has 2 aliphatic rings. The molecule has 0 aromatic rings. The van der Waals surface area contributed by atoms with E-state index < -0.39 is 6.10 Å². The number of alkyl halides is 1. The van der Waals surface area contributed by atoms with Crippen LogP contribution in [0.25, 0.3) is 0 Å². The smallest absolute Gasteiger partial charge is 0.323 e. The van der Waals surface area contributed by atoms with Gasteiger partial charge in [0.2, 0.25) is 0 Å². The van der Waals surface area contributed by atoms with E-state index in [1.54, 1.807) is 0 Å². The number of allylic oxidation sites excluding steroid dienone is 2. The largest absolute Gasteiger partial charge is 0.457 e. The fraction of sp³-hybridized carbons (Fsp3) is 0.860. The van der Waals surface area contributed by atoms with E-state index >= 15 is 0 Å². The first-order chi connectivity index (χ1) is 24.3. The molecule has 2 aliphatic carbocycles. The molecular weight excluding hydrogens is 646 g/mol. The molecule has 1 unspecified atom stereocenters. The third-order valence-corrected chi connectivity index (χ3v) is 12.5. The molecule has 7 heteroatoms. The lowest BCUT2D eigenvalue weighted by Crippen LogP contribution is -2.40. The van der Waals surface area contributed by atoms with Crippen molar-refractivity contribution >= 4 is 23.9 Å². The van der Waals surface area contributed by atoms with Gasteiger partial charge in [-0.1, -0.05) is 141 Å². The summed E-state index contributed by atoms with van der Waals surface area (Å²) in [5.41, 5.74) is 0.0765. The molecule has 2 saturated carbocycles. The van der Waals surface area contributed by atoms with Gasteiger partial charge >= 0.3 is 5.97 Å². The Labute approximate surface area is 312 Å². The highest BCUT2D eigenvalue weighted by Gasteiger charge is 2.42. The first-order valence-corrected chi connectivity index (χ1v) is 21.4. The summed E-state index contributed by atoms with van der Waals surface area (Å²) < 4.78 is 5.24. The number of ether oxygens (including phenoxy) is 1. The average molecular weight is 723 g/mol. The van der Waals surface area contributed by atoms with Gasteiger partial charge < -0.3 is 14.9 Å². The van der Waals surface area contributed by atoms with Crippen molar-refractivity contribution < 1.29 is 24.5 Å². The van der Waals surface area contributed by atoms with E-state index in [0.717, 1.165) is 45.1 Å². The molecule has 2 N–H and O–H groups in total. The zero-order chi connectivity index (χ0) is 36.5. The summed E-state index contributed by atoms with van der Waals surface area (Å²) in [7, 11) is 1.99. The van der Waals surface area contributed by atoms with E-state index in [0.29, 0.717) is 25.5 Å². The quantitative estimate of drug-likeness (QED) is 0.0244. The van der Waals surface area contributed by atoms with Crippen LogP contribution in [0.1, 0.15) is 174 Å². The molecule has 0 aromatic heterocycles. The van der Waals surface area contributed by atoms with Crippen molar-refractivity contribution in [3.8, 4) is 0 Å². The zero-order valence-electron chi connectivity index (χ0n) is 32.4. The monoisotopic (exact) mass is 722 g/mol. The number of aliphatic hydroxyl groups is 2. The van der Waals surface area contributed by atoms with Crippen molar-refractivity contribution in [1.29, 1.82) is 0 Å². The Morgan fingerprint density at radius 1 is 0.900 bits per heavy atom. The second-order valence-electron chi connectivity index (χ2n) is 15.7. The van der Waals surface area contributed by atoms with Gasteiger partial charge in [0, 0.05) is 11.3 Å². The molecule has 0 spiro atoms. The number of carbonyl (C=O) groups excluding carboxylic acids is 2. The van der Waals surface area contributed by atoms with Crippen molar-refractivity contribution in [2.75, 3.05) is 20.2 Å². The highest BCUT2D eigenvalue weighted by atomic mass is 35.5. The summed E-state index contributed by atoms with van der Waals surface area (Å²) in [5.74, 6) is -0.223. The van der Waals surface area contributed by atoms with E-state index in [2.05, 4.69) is 43.1 Å². The summed E-state index contributed by atoms with van der Waals surface area (Å²) in [6.45, 7) is 5.08. The molecule has 6 atom stereocenters. The number of unbranched alkanes of at least 4 members (excludes halogenated alkanes) is 15. The lowest BCUT2D eigenvalue weighted by atomic mass is 9.63. The van der Waals surface area contributed by atoms with Crippen molar-refractivity contribution in [2.45, 2.75) is 198 Å². The van der Waals surface area contributed by atoms with Crippen LogP contribution < -0.4 is 0 Å². The molecule has 0 aromatic carbocycles. The lowest BCUT2D eigenvalue weighted by Gasteiger charge is -2.45. The number of hydrogen-bond donors (Lipinski definition) is 2. The first-order valence-electron chi connectivity index (χ1n) is 20.9. The maximum atomic E-state index is 12.8. The molecule has 0 aliphatic heterocycles. The Kier molecular flexibility index (Phi) is 24.6. The van der Waals surface area contributed by atoms with Gasteiger partial charge in [0.25, 0.3) is 0 Å². The molecular formula is C43H76ClNO5. The van der Waals surface area contributed by atoms with Gasteiger partial charge in [0.05, 0.1) is 12.2 Å². The van der Waals surface area contributed by atoms with Crippen molar-refractivity contribution in [3.05, 3.63) is 24.3 Å². The minimum atomic E-state index is -0.469. The summed E-state index contributed by atoms with van der Waals surface area (Å²) in [6.07, 6.45) is 37.3. The van der Waals surface area contributed by atoms with Crippen LogP contribution in [0.3, 0.4) is 0 Å². The Morgan fingerprint density at radius 2 is 1.48 bits per heavy atom. The van der Waals surface area contributed by atoms with Gasteiger partial charge in [-0.25, -0.2) is 0 Å². The van der Waals surface area contributed by atoms with Gasteiger partial charge in [-0.2, -0.15) is 0 Å². The van der Waals surface area contributed by atoms with Crippen molar-refractivity contribution in [2.24, 2.45) is 17.3 Å². The van der Waals surface area contributed by atoms with E-state index in [1.165, 1.54) is 103 Å². The zero-order valence-corrected chi connectivity index (χ0v) is 33.1. The molecule has 0 amide bonds. The first kappa shape index (κ1) is 44.9. The lowest BCUT2D eigenvalue weighted by molar-refractivity contribution is -0.151. The fourth-order valence-electron chi connectivity index (χ4n) is 8.25. The predicted octanol–water partition coefficient (Wildman–Crippen LogP) is 10.5. The summed E-state index contributed by atoms with van der Waals surface area (Å²) >= 11 is 6.70. The fourth-order valence-corrected chi connectivity index (χ4v) is 8.71. The number of hydrogen-bond acceptors (Lipinski definition) is 6. The summed E-state index contributed by atoms with van der Waals surface area (Å²) in [4.78, 5) is 25.8. The molecule has 6 nitrogen and oxygen atoms in total. The second-order valence-corrected chi connectivity index (χ2v) is 16.3. The van der Waals surface area contributed by atoms with Crippen LogP contribution >= 0.6 is 11.6 Å². The average Bonchev–Trinajstić information content (AvgIpc) is 3.35. The van der Waals surface area contributed by atoms with Gasteiger partial charge in [-0.3, -0.25) is 14.5 Å². The standard InChI is InChI=1S/C43H76ClNO5/c1-4-6-7-8-9-10-11-12-13-14-15-16-17-18-19-23-32-45(3)39(42(49)50-34-33-46)28-22-20-21-26-36-37(40(47)35-38(36)44)27-24-29-41(48)43(5-2)30-25-31-43/h20-21,24,27,33,36-41,47-48H,4-19,22-23,25-26,28-32,34-35H2,1-3H3/t36-,37-,38-,39?,40-,41+/m1/s1. The molecule has 0 radical (unpaired) electrons. The van der Waals surface area contributed by atoms with E-state index in [9.17, 15) is 19.8 Å². The molecule has 290 valence electrons. The van der Waals surface area contributed by atoms with Crippen LogP contribution in [0.4, 0.5) is 0 Å². The minimum absolute atomic E-state index is 0.0229. The van der Waals surface area contributed by atoms with Crippen LogP contribution in [0.5, 0.6) is 0 Å².